The maximum atomic E-state index is 13.5. The first-order chi connectivity index (χ1) is 20.3. The van der Waals surface area contributed by atoms with E-state index >= 15 is 0 Å². The van der Waals surface area contributed by atoms with E-state index in [2.05, 4.69) is 34.9 Å². The van der Waals surface area contributed by atoms with E-state index in [1.165, 1.54) is 24.8 Å². The first-order valence-corrected chi connectivity index (χ1v) is 16.2. The zero-order valence-corrected chi connectivity index (χ0v) is 25.9. The molecular weight excluding hydrogens is 567 g/mol. The number of ether oxygens (including phenoxy) is 2. The number of phosphoric acid groups is 1. The van der Waals surface area contributed by atoms with Crippen molar-refractivity contribution in [1.82, 2.24) is 11.1 Å². The predicted octanol–water partition coefficient (Wildman–Crippen LogP) is 6.67. The summed E-state index contributed by atoms with van der Waals surface area (Å²) in [4.78, 5) is 33.2. The van der Waals surface area contributed by atoms with Crippen molar-refractivity contribution in [2.75, 3.05) is 26.9 Å². The van der Waals surface area contributed by atoms with Crippen molar-refractivity contribution in [1.29, 1.82) is 0 Å². The second kappa shape index (κ2) is 17.2. The van der Waals surface area contributed by atoms with Gasteiger partial charge in [0, 0.05) is 19.0 Å². The minimum absolute atomic E-state index is 0. The molecule has 0 aliphatic heterocycles. The number of aryl methyl sites for hydroxylation is 1. The number of hydrogen-bond donors (Lipinski definition) is 3. The van der Waals surface area contributed by atoms with Crippen LogP contribution >= 0.6 is 7.82 Å². The first kappa shape index (κ1) is 34.3. The molecule has 43 heavy (non-hydrogen) atoms. The van der Waals surface area contributed by atoms with E-state index < -0.39 is 7.82 Å². The van der Waals surface area contributed by atoms with Crippen molar-refractivity contribution >= 4 is 13.7 Å². The third kappa shape index (κ3) is 11.8. The van der Waals surface area contributed by atoms with Gasteiger partial charge in [0.15, 0.2) is 0 Å². The van der Waals surface area contributed by atoms with Gasteiger partial charge in [-0.2, -0.15) is 0 Å². The number of benzene rings is 3. The lowest BCUT2D eigenvalue weighted by atomic mass is 10.1. The quantitative estimate of drug-likeness (QED) is 0.107. The Bertz CT molecular complexity index is 1300. The fourth-order valence-electron chi connectivity index (χ4n) is 5.19. The Kier molecular flexibility index (Phi) is 13.7. The van der Waals surface area contributed by atoms with Gasteiger partial charge in [-0.1, -0.05) is 73.9 Å². The highest BCUT2D eigenvalue weighted by Gasteiger charge is 2.45. The molecule has 4 rings (SSSR count). The normalized spacial score (nSPS) is 15.8. The molecule has 0 aromatic heterocycles. The van der Waals surface area contributed by atoms with Gasteiger partial charge in [0.25, 0.3) is 0 Å². The Hall–Kier alpha value is -3.20. The van der Waals surface area contributed by atoms with Crippen molar-refractivity contribution < 1.29 is 33.1 Å². The van der Waals surface area contributed by atoms with Gasteiger partial charge in [0.05, 0.1) is 20.3 Å². The molecule has 3 aromatic rings. The average Bonchev–Trinajstić information content (AvgIpc) is 3.79. The number of nitrogens with zero attached hydrogens (tertiary/aromatic N) is 1. The zero-order valence-electron chi connectivity index (χ0n) is 25.0. The van der Waals surface area contributed by atoms with Crippen LogP contribution in [0.15, 0.2) is 78.9 Å². The number of carbonyl (C=O) groups is 1. The third-order valence-electron chi connectivity index (χ3n) is 7.58. The van der Waals surface area contributed by atoms with E-state index in [0.717, 1.165) is 42.6 Å². The molecule has 0 bridgehead atoms. The number of methoxy groups -OCH3 is 1. The SMILES string of the molecule is COc1ccc(CN(CCOP(=O)(O)O)C(=O)[C@@H]2C[C@H]2c2cccc(OCCCCCCCc3ccccc3)c2)cc1.N. The van der Waals surface area contributed by atoms with Gasteiger partial charge < -0.3 is 30.3 Å². The highest BCUT2D eigenvalue weighted by molar-refractivity contribution is 7.46. The monoisotopic (exact) mass is 612 g/mol. The molecule has 1 fully saturated rings. The highest BCUT2D eigenvalue weighted by atomic mass is 31.2. The molecule has 5 N–H and O–H groups in total. The third-order valence-corrected chi connectivity index (χ3v) is 8.10. The van der Waals surface area contributed by atoms with Crippen LogP contribution in [0, 0.1) is 5.92 Å². The summed E-state index contributed by atoms with van der Waals surface area (Å²) in [5.74, 6) is 1.38. The Morgan fingerprint density at radius 2 is 1.58 bits per heavy atom. The molecule has 3 aromatic carbocycles. The Labute approximate surface area is 255 Å². The molecule has 0 unspecified atom stereocenters. The molecule has 10 heteroatoms. The molecule has 0 heterocycles. The van der Waals surface area contributed by atoms with Crippen LogP contribution in [0.4, 0.5) is 0 Å². The number of carbonyl (C=O) groups excluding carboxylic acids is 1. The fraction of sp³-hybridized carbons (Fsp3) is 0.424. The summed E-state index contributed by atoms with van der Waals surface area (Å²) in [5, 5.41) is 0. The number of amides is 1. The standard InChI is InChI=1S/C33H42NO7P.H3N/c1-39-29-18-16-27(17-19-29)25-34(20-22-41-42(36,37)38)33(35)32-24-31(32)28-14-10-15-30(23-28)40-21-9-4-2-3-6-11-26-12-7-5-8-13-26;/h5,7-8,10,12-19,23,31-32H,2-4,6,9,11,20-22,24-25H2,1H3,(H2,36,37,38);1H3/t31-,32+;/m0./s1. The minimum atomic E-state index is -4.62. The summed E-state index contributed by atoms with van der Waals surface area (Å²) < 4.78 is 27.1. The molecule has 2 atom stereocenters. The van der Waals surface area contributed by atoms with E-state index in [1.54, 1.807) is 12.0 Å². The summed E-state index contributed by atoms with van der Waals surface area (Å²) >= 11 is 0. The maximum Gasteiger partial charge on any atom is 0.469 e. The van der Waals surface area contributed by atoms with Crippen molar-refractivity contribution in [3.8, 4) is 11.5 Å². The van der Waals surface area contributed by atoms with Gasteiger partial charge in [0.2, 0.25) is 5.91 Å². The topological polar surface area (TPSA) is 141 Å². The van der Waals surface area contributed by atoms with Gasteiger partial charge in [-0.3, -0.25) is 9.32 Å². The number of phosphoric ester groups is 1. The number of unbranched alkanes of at least 4 members (excludes halogenated alkanes) is 4. The van der Waals surface area contributed by atoms with Gasteiger partial charge in [-0.25, -0.2) is 4.57 Å². The lowest BCUT2D eigenvalue weighted by Crippen LogP contribution is -2.35. The smallest absolute Gasteiger partial charge is 0.469 e. The zero-order chi connectivity index (χ0) is 29.8. The van der Waals surface area contributed by atoms with E-state index in [1.807, 2.05) is 48.5 Å². The Morgan fingerprint density at radius 1 is 0.860 bits per heavy atom. The van der Waals surface area contributed by atoms with Crippen molar-refractivity contribution in [2.24, 2.45) is 5.92 Å². The predicted molar refractivity (Wildman–Crippen MR) is 167 cm³/mol. The molecule has 1 aliphatic carbocycles. The Balaban J connectivity index is 0.00000506. The lowest BCUT2D eigenvalue weighted by Gasteiger charge is -2.23. The van der Waals surface area contributed by atoms with Gasteiger partial charge in [-0.05, 0) is 72.6 Å². The Morgan fingerprint density at radius 3 is 2.30 bits per heavy atom. The summed E-state index contributed by atoms with van der Waals surface area (Å²) in [6.45, 7) is 0.810. The number of hydrogen-bond acceptors (Lipinski definition) is 6. The van der Waals surface area contributed by atoms with E-state index in [9.17, 15) is 9.36 Å². The van der Waals surface area contributed by atoms with E-state index in [0.29, 0.717) is 18.9 Å². The molecular formula is C33H45N2O7P. The van der Waals surface area contributed by atoms with Crippen LogP contribution in [0.25, 0.3) is 0 Å². The maximum absolute atomic E-state index is 13.5. The summed E-state index contributed by atoms with van der Waals surface area (Å²) in [6, 6.07) is 26.0. The molecule has 1 saturated carbocycles. The van der Waals surface area contributed by atoms with E-state index in [-0.39, 0.29) is 37.0 Å². The lowest BCUT2D eigenvalue weighted by molar-refractivity contribution is -0.133. The number of rotatable bonds is 18. The van der Waals surface area contributed by atoms with Gasteiger partial charge in [-0.15, -0.1) is 0 Å². The van der Waals surface area contributed by atoms with Crippen LogP contribution in [-0.4, -0.2) is 47.5 Å². The second-order valence-corrected chi connectivity index (χ2v) is 12.0. The van der Waals surface area contributed by atoms with Gasteiger partial charge in [0.1, 0.15) is 11.5 Å². The van der Waals surface area contributed by atoms with Gasteiger partial charge >= 0.3 is 7.82 Å². The fourth-order valence-corrected chi connectivity index (χ4v) is 5.51. The largest absolute Gasteiger partial charge is 0.497 e. The molecule has 0 radical (unpaired) electrons. The molecule has 1 aliphatic rings. The summed E-state index contributed by atoms with van der Waals surface area (Å²) in [6.07, 6.45) is 7.65. The van der Waals surface area contributed by atoms with Crippen LogP contribution in [0.2, 0.25) is 0 Å². The van der Waals surface area contributed by atoms with Crippen LogP contribution in [0.5, 0.6) is 11.5 Å². The average molecular weight is 613 g/mol. The highest BCUT2D eigenvalue weighted by Crippen LogP contribution is 2.49. The molecule has 0 spiro atoms. The summed E-state index contributed by atoms with van der Waals surface area (Å²) in [7, 11) is -3.03. The molecule has 0 saturated heterocycles. The molecule has 234 valence electrons. The summed E-state index contributed by atoms with van der Waals surface area (Å²) in [5.41, 5.74) is 3.37. The molecule has 9 nitrogen and oxygen atoms in total. The van der Waals surface area contributed by atoms with Crippen LogP contribution < -0.4 is 15.6 Å². The van der Waals surface area contributed by atoms with Crippen molar-refractivity contribution in [3.63, 3.8) is 0 Å². The van der Waals surface area contributed by atoms with E-state index in [4.69, 9.17) is 19.3 Å². The van der Waals surface area contributed by atoms with Crippen LogP contribution in [-0.2, 0) is 26.8 Å². The molecule has 1 amide bonds. The first-order valence-electron chi connectivity index (χ1n) is 14.7. The van der Waals surface area contributed by atoms with Crippen molar-refractivity contribution in [3.05, 3.63) is 95.6 Å². The minimum Gasteiger partial charge on any atom is -0.497 e. The van der Waals surface area contributed by atoms with Crippen molar-refractivity contribution in [2.45, 2.75) is 57.4 Å². The second-order valence-electron chi connectivity index (χ2n) is 10.8. The van der Waals surface area contributed by atoms with Crippen LogP contribution in [0.3, 0.4) is 0 Å². The van der Waals surface area contributed by atoms with Crippen LogP contribution in [0.1, 0.15) is 61.1 Å².